The highest BCUT2D eigenvalue weighted by atomic mass is 79.9. The van der Waals surface area contributed by atoms with Gasteiger partial charge in [0, 0.05) is 11.0 Å². The van der Waals surface area contributed by atoms with Crippen LogP contribution < -0.4 is 11.1 Å². The number of halogens is 1. The maximum Gasteiger partial charge on any atom is 0.338 e. The molecule has 2 amide bonds. The predicted octanol–water partition coefficient (Wildman–Crippen LogP) is 1.97. The Morgan fingerprint density at radius 3 is 2.83 bits per heavy atom. The van der Waals surface area contributed by atoms with Gasteiger partial charge in [-0.2, -0.15) is 0 Å². The number of hydrogen-bond donors (Lipinski definition) is 2. The number of aryl methyl sites for hydroxylation is 1. The van der Waals surface area contributed by atoms with E-state index in [1.165, 1.54) is 0 Å². The first-order valence-electron chi connectivity index (χ1n) is 5.47. The summed E-state index contributed by atoms with van der Waals surface area (Å²) in [5.74, 6) is -0.368. The number of amides is 2. The van der Waals surface area contributed by atoms with E-state index in [-0.39, 0.29) is 12.6 Å². The number of urea groups is 1. The summed E-state index contributed by atoms with van der Waals surface area (Å²) in [7, 11) is 0. The van der Waals surface area contributed by atoms with Gasteiger partial charge in [0.25, 0.3) is 0 Å². The average Bonchev–Trinajstić information content (AvgIpc) is 2.31. The Morgan fingerprint density at radius 1 is 1.44 bits per heavy atom. The molecule has 3 N–H and O–H groups in total. The van der Waals surface area contributed by atoms with Crippen LogP contribution in [0.15, 0.2) is 22.7 Å². The van der Waals surface area contributed by atoms with E-state index in [2.05, 4.69) is 21.2 Å². The molecule has 0 spiro atoms. The van der Waals surface area contributed by atoms with Gasteiger partial charge in [-0.05, 0) is 31.0 Å². The standard InChI is InChI=1S/C12H15BrN2O3/c1-8-3-4-9(13)7-10(8)11(16)18-6-2-5-15-12(14)17/h3-4,7H,2,5-6H2,1H3,(H3,14,15,17). The van der Waals surface area contributed by atoms with Crippen LogP contribution in [-0.4, -0.2) is 25.2 Å². The first kappa shape index (κ1) is 14.5. The van der Waals surface area contributed by atoms with E-state index in [1.54, 1.807) is 6.07 Å². The molecule has 5 nitrogen and oxygen atoms in total. The molecule has 18 heavy (non-hydrogen) atoms. The van der Waals surface area contributed by atoms with E-state index in [0.29, 0.717) is 18.5 Å². The van der Waals surface area contributed by atoms with Crippen molar-refractivity contribution in [2.45, 2.75) is 13.3 Å². The molecule has 98 valence electrons. The largest absolute Gasteiger partial charge is 0.462 e. The van der Waals surface area contributed by atoms with Gasteiger partial charge in [0.2, 0.25) is 0 Å². The van der Waals surface area contributed by atoms with E-state index in [9.17, 15) is 9.59 Å². The van der Waals surface area contributed by atoms with Crippen molar-refractivity contribution in [2.24, 2.45) is 5.73 Å². The van der Waals surface area contributed by atoms with Crippen molar-refractivity contribution in [2.75, 3.05) is 13.2 Å². The highest BCUT2D eigenvalue weighted by Gasteiger charge is 2.10. The molecule has 0 aliphatic rings. The molecule has 0 bridgehead atoms. The van der Waals surface area contributed by atoms with Gasteiger partial charge in [-0.15, -0.1) is 0 Å². The second-order valence-electron chi connectivity index (χ2n) is 3.74. The molecular formula is C12H15BrN2O3. The molecule has 0 saturated heterocycles. The van der Waals surface area contributed by atoms with E-state index in [4.69, 9.17) is 10.5 Å². The summed E-state index contributed by atoms with van der Waals surface area (Å²) in [6.45, 7) is 2.48. The molecule has 0 saturated carbocycles. The lowest BCUT2D eigenvalue weighted by molar-refractivity contribution is 0.0501. The molecule has 0 atom stereocenters. The lowest BCUT2D eigenvalue weighted by atomic mass is 10.1. The number of carbonyl (C=O) groups is 2. The minimum atomic E-state index is -0.579. The third-order valence-electron chi connectivity index (χ3n) is 2.27. The summed E-state index contributed by atoms with van der Waals surface area (Å²) in [6, 6.07) is 4.85. The number of esters is 1. The van der Waals surface area contributed by atoms with Crippen LogP contribution in [0, 0.1) is 6.92 Å². The third-order valence-corrected chi connectivity index (χ3v) is 2.77. The summed E-state index contributed by atoms with van der Waals surface area (Å²) in [4.78, 5) is 22.2. The molecule has 0 radical (unpaired) electrons. The molecule has 1 aromatic carbocycles. The van der Waals surface area contributed by atoms with Crippen LogP contribution in [-0.2, 0) is 4.74 Å². The Balaban J connectivity index is 2.41. The Labute approximate surface area is 114 Å². The second kappa shape index (κ2) is 7.00. The Kier molecular flexibility index (Phi) is 5.64. The van der Waals surface area contributed by atoms with Gasteiger partial charge in [-0.3, -0.25) is 0 Å². The van der Waals surface area contributed by atoms with Gasteiger partial charge < -0.3 is 15.8 Å². The molecule has 0 aliphatic heterocycles. The van der Waals surface area contributed by atoms with Gasteiger partial charge in [0.15, 0.2) is 0 Å². The molecule has 1 aromatic rings. The molecule has 0 heterocycles. The summed E-state index contributed by atoms with van der Waals surface area (Å²) in [5, 5.41) is 2.42. The van der Waals surface area contributed by atoms with Crippen LogP contribution in [0.1, 0.15) is 22.3 Å². The van der Waals surface area contributed by atoms with E-state index in [1.807, 2.05) is 19.1 Å². The zero-order chi connectivity index (χ0) is 13.5. The number of nitrogens with two attached hydrogens (primary N) is 1. The fourth-order valence-corrected chi connectivity index (χ4v) is 1.70. The van der Waals surface area contributed by atoms with Crippen molar-refractivity contribution in [3.8, 4) is 0 Å². The smallest absolute Gasteiger partial charge is 0.338 e. The lowest BCUT2D eigenvalue weighted by Crippen LogP contribution is -2.30. The maximum absolute atomic E-state index is 11.8. The van der Waals surface area contributed by atoms with Crippen molar-refractivity contribution in [3.05, 3.63) is 33.8 Å². The van der Waals surface area contributed by atoms with Crippen LogP contribution in [0.3, 0.4) is 0 Å². The lowest BCUT2D eigenvalue weighted by Gasteiger charge is -2.07. The van der Waals surface area contributed by atoms with Gasteiger partial charge in [0.1, 0.15) is 0 Å². The van der Waals surface area contributed by atoms with Crippen LogP contribution in [0.4, 0.5) is 4.79 Å². The zero-order valence-corrected chi connectivity index (χ0v) is 11.6. The fourth-order valence-electron chi connectivity index (χ4n) is 1.34. The highest BCUT2D eigenvalue weighted by Crippen LogP contribution is 2.16. The van der Waals surface area contributed by atoms with Crippen molar-refractivity contribution < 1.29 is 14.3 Å². The summed E-state index contributed by atoms with van der Waals surface area (Å²) >= 11 is 3.30. The van der Waals surface area contributed by atoms with Gasteiger partial charge in [-0.1, -0.05) is 22.0 Å². The SMILES string of the molecule is Cc1ccc(Br)cc1C(=O)OCCCNC(N)=O. The molecule has 0 aromatic heterocycles. The van der Waals surface area contributed by atoms with Crippen LogP contribution in [0.5, 0.6) is 0 Å². The minimum Gasteiger partial charge on any atom is -0.462 e. The molecule has 1 rings (SSSR count). The second-order valence-corrected chi connectivity index (χ2v) is 4.66. The summed E-state index contributed by atoms with van der Waals surface area (Å²) in [6.07, 6.45) is 0.529. The molecule has 0 fully saturated rings. The normalized spacial score (nSPS) is 9.89. The number of nitrogens with one attached hydrogen (secondary N) is 1. The number of rotatable bonds is 5. The van der Waals surface area contributed by atoms with E-state index in [0.717, 1.165) is 10.0 Å². The first-order valence-corrected chi connectivity index (χ1v) is 6.26. The van der Waals surface area contributed by atoms with Crippen LogP contribution in [0.25, 0.3) is 0 Å². The van der Waals surface area contributed by atoms with E-state index >= 15 is 0 Å². The Bertz CT molecular complexity index is 449. The van der Waals surface area contributed by atoms with Crippen LogP contribution >= 0.6 is 15.9 Å². The Hall–Kier alpha value is -1.56. The van der Waals surface area contributed by atoms with E-state index < -0.39 is 6.03 Å². The van der Waals surface area contributed by atoms with Crippen molar-refractivity contribution >= 4 is 27.9 Å². The van der Waals surface area contributed by atoms with Gasteiger partial charge in [-0.25, -0.2) is 9.59 Å². The summed E-state index contributed by atoms with van der Waals surface area (Å²) < 4.78 is 5.92. The summed E-state index contributed by atoms with van der Waals surface area (Å²) in [5.41, 5.74) is 6.29. The molecule has 0 unspecified atom stereocenters. The third kappa shape index (κ3) is 4.75. The van der Waals surface area contributed by atoms with Crippen LogP contribution in [0.2, 0.25) is 0 Å². The number of primary amides is 1. The zero-order valence-electron chi connectivity index (χ0n) is 10.0. The molecule has 0 aliphatic carbocycles. The van der Waals surface area contributed by atoms with Crippen molar-refractivity contribution in [3.63, 3.8) is 0 Å². The topological polar surface area (TPSA) is 81.4 Å². The molecule has 6 heteroatoms. The monoisotopic (exact) mass is 314 g/mol. The van der Waals surface area contributed by atoms with Crippen molar-refractivity contribution in [1.82, 2.24) is 5.32 Å². The maximum atomic E-state index is 11.8. The fraction of sp³-hybridized carbons (Fsp3) is 0.333. The van der Waals surface area contributed by atoms with Gasteiger partial charge in [0.05, 0.1) is 12.2 Å². The van der Waals surface area contributed by atoms with Gasteiger partial charge >= 0.3 is 12.0 Å². The highest BCUT2D eigenvalue weighted by molar-refractivity contribution is 9.10. The number of benzene rings is 1. The van der Waals surface area contributed by atoms with Crippen molar-refractivity contribution in [1.29, 1.82) is 0 Å². The number of hydrogen-bond acceptors (Lipinski definition) is 3. The quantitative estimate of drug-likeness (QED) is 0.644. The predicted molar refractivity (Wildman–Crippen MR) is 71.4 cm³/mol. The number of ether oxygens (including phenoxy) is 1. The minimum absolute atomic E-state index is 0.241. The molecular weight excluding hydrogens is 300 g/mol. The Morgan fingerprint density at radius 2 is 2.17 bits per heavy atom. The first-order chi connectivity index (χ1) is 8.50. The average molecular weight is 315 g/mol. The number of carbonyl (C=O) groups excluding carboxylic acids is 2.